The van der Waals surface area contributed by atoms with Gasteiger partial charge in [-0.3, -0.25) is 4.79 Å². The molecule has 0 fully saturated rings. The normalized spacial score (nSPS) is 12.8. The lowest BCUT2D eigenvalue weighted by Crippen LogP contribution is -2.20. The molecule has 4 N–H and O–H groups in total. The molecule has 1 aromatic heterocycles. The van der Waals surface area contributed by atoms with Crippen LogP contribution in [0.1, 0.15) is 17.5 Å². The van der Waals surface area contributed by atoms with Crippen molar-refractivity contribution in [1.82, 2.24) is 4.98 Å². The van der Waals surface area contributed by atoms with Crippen LogP contribution in [-0.4, -0.2) is 10.9 Å². The van der Waals surface area contributed by atoms with Crippen LogP contribution in [0.3, 0.4) is 0 Å². The molecule has 1 unspecified atom stereocenters. The summed E-state index contributed by atoms with van der Waals surface area (Å²) < 4.78 is 0. The third kappa shape index (κ3) is 2.28. The highest BCUT2D eigenvalue weighted by Crippen LogP contribution is 2.15. The van der Waals surface area contributed by atoms with Crippen LogP contribution in [0.15, 0.2) is 11.6 Å². The minimum Gasteiger partial charge on any atom is -0.370 e. The second kappa shape index (κ2) is 3.45. The van der Waals surface area contributed by atoms with Crippen molar-refractivity contribution in [3.05, 3.63) is 16.6 Å². The molecule has 1 rings (SSSR count). The van der Waals surface area contributed by atoms with Crippen LogP contribution in [0.5, 0.6) is 0 Å². The smallest absolute Gasteiger partial charge is 0.219 e. The number of carbonyl (C=O) groups excluding carboxylic acids is 1. The molecule has 0 aliphatic heterocycles. The van der Waals surface area contributed by atoms with Crippen LogP contribution in [0.4, 0.5) is 0 Å². The summed E-state index contributed by atoms with van der Waals surface area (Å²) in [5, 5.41) is 2.57. The van der Waals surface area contributed by atoms with E-state index in [1.54, 1.807) is 6.20 Å². The monoisotopic (exact) mass is 171 g/mol. The van der Waals surface area contributed by atoms with Gasteiger partial charge in [-0.05, 0) is 0 Å². The predicted octanol–water partition coefficient (Wildman–Crippen LogP) is 0.0183. The SMILES string of the molecule is NC(=O)CC(N)c1nccs1. The molecular weight excluding hydrogens is 162 g/mol. The number of aromatic nitrogens is 1. The molecule has 0 aliphatic carbocycles. The topological polar surface area (TPSA) is 82.0 Å². The molecule has 0 saturated carbocycles. The fourth-order valence-corrected chi connectivity index (χ4v) is 1.36. The molecular formula is C6H9N3OS. The second-order valence-corrected chi connectivity index (χ2v) is 3.07. The first-order chi connectivity index (χ1) is 5.20. The van der Waals surface area contributed by atoms with Crippen LogP contribution in [0.2, 0.25) is 0 Å². The molecule has 1 amide bonds. The van der Waals surface area contributed by atoms with Crippen molar-refractivity contribution in [3.63, 3.8) is 0 Å². The average molecular weight is 171 g/mol. The van der Waals surface area contributed by atoms with Gasteiger partial charge >= 0.3 is 0 Å². The van der Waals surface area contributed by atoms with Gasteiger partial charge in [-0.2, -0.15) is 0 Å². The van der Waals surface area contributed by atoms with E-state index in [-0.39, 0.29) is 12.5 Å². The molecule has 0 aliphatic rings. The van der Waals surface area contributed by atoms with Crippen LogP contribution < -0.4 is 11.5 Å². The first kappa shape index (κ1) is 8.16. The molecule has 1 atom stereocenters. The van der Waals surface area contributed by atoms with E-state index < -0.39 is 5.91 Å². The second-order valence-electron chi connectivity index (χ2n) is 2.15. The van der Waals surface area contributed by atoms with Gasteiger partial charge in [0.2, 0.25) is 5.91 Å². The van der Waals surface area contributed by atoms with E-state index in [1.807, 2.05) is 5.38 Å². The molecule has 1 aromatic rings. The summed E-state index contributed by atoms with van der Waals surface area (Å²) in [5.74, 6) is -0.396. The highest BCUT2D eigenvalue weighted by atomic mass is 32.1. The minimum atomic E-state index is -0.396. The van der Waals surface area contributed by atoms with E-state index in [4.69, 9.17) is 11.5 Å². The Labute approximate surface area is 68.2 Å². The maximum Gasteiger partial charge on any atom is 0.219 e. The van der Waals surface area contributed by atoms with E-state index in [0.717, 1.165) is 5.01 Å². The van der Waals surface area contributed by atoms with Gasteiger partial charge in [-0.1, -0.05) is 0 Å². The van der Waals surface area contributed by atoms with E-state index in [2.05, 4.69) is 4.98 Å². The summed E-state index contributed by atoms with van der Waals surface area (Å²) in [6.07, 6.45) is 1.81. The zero-order chi connectivity index (χ0) is 8.27. The van der Waals surface area contributed by atoms with Gasteiger partial charge in [0.05, 0.1) is 6.04 Å². The lowest BCUT2D eigenvalue weighted by molar-refractivity contribution is -0.118. The number of hydrogen-bond donors (Lipinski definition) is 2. The zero-order valence-corrected chi connectivity index (χ0v) is 6.67. The van der Waals surface area contributed by atoms with E-state index >= 15 is 0 Å². The van der Waals surface area contributed by atoms with Gasteiger partial charge in [0.25, 0.3) is 0 Å². The van der Waals surface area contributed by atoms with E-state index in [1.165, 1.54) is 11.3 Å². The first-order valence-electron chi connectivity index (χ1n) is 3.13. The Morgan fingerprint density at radius 1 is 1.82 bits per heavy atom. The van der Waals surface area contributed by atoms with Crippen molar-refractivity contribution in [2.45, 2.75) is 12.5 Å². The molecule has 11 heavy (non-hydrogen) atoms. The van der Waals surface area contributed by atoms with Crippen molar-refractivity contribution < 1.29 is 4.79 Å². The largest absolute Gasteiger partial charge is 0.370 e. The Balaban J connectivity index is 2.56. The number of nitrogens with two attached hydrogens (primary N) is 2. The van der Waals surface area contributed by atoms with Crippen LogP contribution >= 0.6 is 11.3 Å². The summed E-state index contributed by atoms with van der Waals surface area (Å²) in [6.45, 7) is 0. The lowest BCUT2D eigenvalue weighted by atomic mass is 10.2. The standard InChI is InChI=1S/C6H9N3OS/c7-4(3-5(8)10)6-9-1-2-11-6/h1-2,4H,3,7H2,(H2,8,10). The fraction of sp³-hybridized carbons (Fsp3) is 0.333. The van der Waals surface area contributed by atoms with Gasteiger partial charge in [0, 0.05) is 18.0 Å². The Bertz CT molecular complexity index is 234. The lowest BCUT2D eigenvalue weighted by Gasteiger charge is -2.03. The molecule has 1 heterocycles. The van der Waals surface area contributed by atoms with E-state index in [9.17, 15) is 4.79 Å². The minimum absolute atomic E-state index is 0.160. The molecule has 4 nitrogen and oxygen atoms in total. The van der Waals surface area contributed by atoms with Gasteiger partial charge < -0.3 is 11.5 Å². The molecule has 5 heteroatoms. The average Bonchev–Trinajstić information content (AvgIpc) is 2.35. The summed E-state index contributed by atoms with van der Waals surface area (Å²) in [4.78, 5) is 14.4. The quantitative estimate of drug-likeness (QED) is 0.672. The van der Waals surface area contributed by atoms with Crippen molar-refractivity contribution in [2.24, 2.45) is 11.5 Å². The predicted molar refractivity (Wildman–Crippen MR) is 42.9 cm³/mol. The maximum absolute atomic E-state index is 10.4. The van der Waals surface area contributed by atoms with Crippen molar-refractivity contribution in [2.75, 3.05) is 0 Å². The van der Waals surface area contributed by atoms with Crippen molar-refractivity contribution >= 4 is 17.2 Å². The number of primary amides is 1. The number of rotatable bonds is 3. The summed E-state index contributed by atoms with van der Waals surface area (Å²) in [5.41, 5.74) is 10.5. The molecule has 0 radical (unpaired) electrons. The number of hydrogen-bond acceptors (Lipinski definition) is 4. The Morgan fingerprint density at radius 3 is 3.00 bits per heavy atom. The highest BCUT2D eigenvalue weighted by Gasteiger charge is 2.10. The third-order valence-corrected chi connectivity index (χ3v) is 2.10. The Kier molecular flexibility index (Phi) is 2.56. The molecule has 0 bridgehead atoms. The number of thiazole rings is 1. The van der Waals surface area contributed by atoms with Crippen molar-refractivity contribution in [3.8, 4) is 0 Å². The van der Waals surface area contributed by atoms with Gasteiger partial charge in [0.15, 0.2) is 0 Å². The van der Waals surface area contributed by atoms with Gasteiger partial charge in [0.1, 0.15) is 5.01 Å². The summed E-state index contributed by atoms with van der Waals surface area (Å²) in [7, 11) is 0. The Hall–Kier alpha value is -0.940. The van der Waals surface area contributed by atoms with Gasteiger partial charge in [-0.15, -0.1) is 11.3 Å². The van der Waals surface area contributed by atoms with E-state index in [0.29, 0.717) is 0 Å². The fourth-order valence-electron chi connectivity index (χ4n) is 0.722. The van der Waals surface area contributed by atoms with Crippen LogP contribution in [0, 0.1) is 0 Å². The molecule has 0 aromatic carbocycles. The van der Waals surface area contributed by atoms with Gasteiger partial charge in [-0.25, -0.2) is 4.98 Å². The molecule has 0 saturated heterocycles. The highest BCUT2D eigenvalue weighted by molar-refractivity contribution is 7.09. The zero-order valence-electron chi connectivity index (χ0n) is 5.86. The van der Waals surface area contributed by atoms with Crippen LogP contribution in [0.25, 0.3) is 0 Å². The summed E-state index contributed by atoms with van der Waals surface area (Å²) in [6, 6.07) is -0.340. The number of carbonyl (C=O) groups is 1. The van der Waals surface area contributed by atoms with Crippen molar-refractivity contribution in [1.29, 1.82) is 0 Å². The Morgan fingerprint density at radius 2 is 2.55 bits per heavy atom. The molecule has 0 spiro atoms. The first-order valence-corrected chi connectivity index (χ1v) is 4.01. The maximum atomic E-state index is 10.4. The van der Waals surface area contributed by atoms with Crippen LogP contribution in [-0.2, 0) is 4.79 Å². The summed E-state index contributed by atoms with van der Waals surface area (Å²) >= 11 is 1.43. The number of amides is 1. The third-order valence-electron chi connectivity index (χ3n) is 1.19. The molecule has 60 valence electrons. The number of nitrogens with zero attached hydrogens (tertiary/aromatic N) is 1.